The molecule has 2 aliphatic heterocycles. The zero-order chi connectivity index (χ0) is 30.2. The summed E-state index contributed by atoms with van der Waals surface area (Å²) in [6.45, 7) is 5.76. The molecule has 43 heavy (non-hydrogen) atoms. The van der Waals surface area contributed by atoms with Gasteiger partial charge in [-0.05, 0) is 91.2 Å². The van der Waals surface area contributed by atoms with Crippen LogP contribution in [0.15, 0.2) is 90.1 Å². The summed E-state index contributed by atoms with van der Waals surface area (Å²) in [6, 6.07) is 20.5. The molecule has 1 amide bonds. The van der Waals surface area contributed by atoms with Crippen LogP contribution in [-0.4, -0.2) is 69.0 Å². The molecule has 0 saturated carbocycles. The first-order valence-electron chi connectivity index (χ1n) is 14.0. The highest BCUT2D eigenvalue weighted by Gasteiger charge is 2.58. The smallest absolute Gasteiger partial charge is 0.276 e. The van der Waals surface area contributed by atoms with Crippen molar-refractivity contribution in [2.45, 2.75) is 17.4 Å². The fourth-order valence-corrected chi connectivity index (χ4v) is 7.55. The summed E-state index contributed by atoms with van der Waals surface area (Å²) in [6.07, 6.45) is 3.27. The van der Waals surface area contributed by atoms with E-state index in [4.69, 9.17) is 9.72 Å². The maximum atomic E-state index is 14.9. The van der Waals surface area contributed by atoms with E-state index in [9.17, 15) is 13.2 Å². The average molecular weight is 711 g/mol. The number of nitrogens with one attached hydrogen (secondary N) is 1. The molecule has 1 N–H and O–H groups in total. The van der Waals surface area contributed by atoms with Gasteiger partial charge in [-0.3, -0.25) is 4.79 Å². The Kier molecular flexibility index (Phi) is 8.00. The van der Waals surface area contributed by atoms with Crippen molar-refractivity contribution >= 4 is 55.7 Å². The van der Waals surface area contributed by atoms with Crippen molar-refractivity contribution in [3.8, 4) is 5.88 Å². The quantitative estimate of drug-likeness (QED) is 0.268. The van der Waals surface area contributed by atoms with E-state index in [-0.39, 0.29) is 16.5 Å². The predicted molar refractivity (Wildman–Crippen MR) is 174 cm³/mol. The van der Waals surface area contributed by atoms with Gasteiger partial charge in [0.05, 0.1) is 34.6 Å². The van der Waals surface area contributed by atoms with Gasteiger partial charge in [0.25, 0.3) is 15.9 Å². The number of likely N-dealkylation sites (N-methyl/N-ethyl adjacent to an activating group) is 1. The number of rotatable bonds is 8. The number of benzene rings is 2. The lowest BCUT2D eigenvalue weighted by atomic mass is 9.84. The number of amides is 1. The van der Waals surface area contributed by atoms with Crippen molar-refractivity contribution in [2.24, 2.45) is 0 Å². The Hall–Kier alpha value is -3.75. The minimum absolute atomic E-state index is 0.0121. The minimum Gasteiger partial charge on any atom is -0.478 e. The number of ether oxygens (including phenoxy) is 1. The number of hydrogen-bond donors (Lipinski definition) is 1. The highest BCUT2D eigenvalue weighted by atomic mass is 127. The second-order valence-electron chi connectivity index (χ2n) is 10.4. The number of pyridine rings is 2. The van der Waals surface area contributed by atoms with Gasteiger partial charge in [0.1, 0.15) is 5.82 Å². The Labute approximate surface area is 264 Å². The minimum atomic E-state index is -4.28. The van der Waals surface area contributed by atoms with E-state index < -0.39 is 21.5 Å². The van der Waals surface area contributed by atoms with E-state index in [1.807, 2.05) is 25.1 Å². The van der Waals surface area contributed by atoms with Gasteiger partial charge in [-0.15, -0.1) is 0 Å². The summed E-state index contributed by atoms with van der Waals surface area (Å²) in [5.41, 5.74) is -0.00913. The fourth-order valence-electron chi connectivity index (χ4n) is 5.57. The first-order chi connectivity index (χ1) is 20.8. The second kappa shape index (κ2) is 11.7. The second-order valence-corrected chi connectivity index (χ2v) is 13.4. The fraction of sp³-hybridized carbons (Fsp3) is 0.258. The van der Waals surface area contributed by atoms with E-state index in [0.29, 0.717) is 23.4 Å². The van der Waals surface area contributed by atoms with Gasteiger partial charge in [0, 0.05) is 41.5 Å². The number of carbonyl (C=O) groups is 1. The van der Waals surface area contributed by atoms with Crippen LogP contribution in [0.25, 0.3) is 0 Å². The number of aromatic nitrogens is 2. The molecule has 12 heteroatoms. The van der Waals surface area contributed by atoms with Gasteiger partial charge in [-0.2, -0.15) is 4.31 Å². The molecule has 222 valence electrons. The number of piperazine rings is 1. The lowest BCUT2D eigenvalue weighted by Crippen LogP contribution is -2.49. The van der Waals surface area contributed by atoms with E-state index >= 15 is 0 Å². The van der Waals surface area contributed by atoms with Gasteiger partial charge in [0.2, 0.25) is 5.88 Å². The summed E-state index contributed by atoms with van der Waals surface area (Å²) in [7, 11) is -2.18. The molecule has 1 atom stereocenters. The molecule has 4 aromatic rings. The number of anilines is 3. The SMILES string of the molecule is CCOc1ncccc1C1(Nc2ccc(N3CCN(C)CC3)nc2)C(=O)N(S(=O)(=O)c2ccccc2)c2ccc(I)cc21. The van der Waals surface area contributed by atoms with E-state index in [1.54, 1.807) is 54.9 Å². The topological polar surface area (TPSA) is 108 Å². The van der Waals surface area contributed by atoms with Crippen molar-refractivity contribution in [3.05, 3.63) is 99.9 Å². The third-order valence-electron chi connectivity index (χ3n) is 7.73. The molecular formula is C31H31IN6O4S. The molecular weight excluding hydrogens is 679 g/mol. The summed E-state index contributed by atoms with van der Waals surface area (Å²) >= 11 is 2.17. The summed E-state index contributed by atoms with van der Waals surface area (Å²) in [4.78, 5) is 28.6. The molecule has 2 aromatic heterocycles. The summed E-state index contributed by atoms with van der Waals surface area (Å²) < 4.78 is 35.9. The van der Waals surface area contributed by atoms with Crippen LogP contribution in [0, 0.1) is 3.57 Å². The average Bonchev–Trinajstić information content (AvgIpc) is 3.26. The van der Waals surface area contributed by atoms with Crippen molar-refractivity contribution in [1.82, 2.24) is 14.9 Å². The van der Waals surface area contributed by atoms with Crippen LogP contribution in [0.4, 0.5) is 17.2 Å². The van der Waals surface area contributed by atoms with E-state index in [0.717, 1.165) is 39.9 Å². The van der Waals surface area contributed by atoms with Crippen LogP contribution in [0.3, 0.4) is 0 Å². The molecule has 1 saturated heterocycles. The van der Waals surface area contributed by atoms with Crippen molar-refractivity contribution in [3.63, 3.8) is 0 Å². The molecule has 4 heterocycles. The molecule has 0 radical (unpaired) electrons. The lowest BCUT2D eigenvalue weighted by Gasteiger charge is -2.34. The van der Waals surface area contributed by atoms with Gasteiger partial charge in [-0.25, -0.2) is 18.4 Å². The van der Waals surface area contributed by atoms with Crippen molar-refractivity contribution < 1.29 is 17.9 Å². The van der Waals surface area contributed by atoms with Crippen molar-refractivity contribution in [2.75, 3.05) is 54.4 Å². The molecule has 1 unspecified atom stereocenters. The van der Waals surface area contributed by atoms with Crippen LogP contribution in [0.1, 0.15) is 18.1 Å². The number of nitrogens with zero attached hydrogens (tertiary/aromatic N) is 5. The lowest BCUT2D eigenvalue weighted by molar-refractivity contribution is -0.120. The number of hydrogen-bond acceptors (Lipinski definition) is 9. The highest BCUT2D eigenvalue weighted by molar-refractivity contribution is 14.1. The zero-order valence-electron chi connectivity index (χ0n) is 23.8. The number of fused-ring (bicyclic) bond motifs is 1. The van der Waals surface area contributed by atoms with Crippen LogP contribution >= 0.6 is 22.6 Å². The van der Waals surface area contributed by atoms with Crippen molar-refractivity contribution in [1.29, 1.82) is 0 Å². The molecule has 2 aromatic carbocycles. The standard InChI is InChI=1S/C31H31IN6O4S/c1-3-42-29-25(10-7-15-33-29)31(35-23-12-14-28(34-21-23)37-18-16-36(2)17-19-37)26-20-22(32)11-13-27(26)38(30(31)39)43(40,41)24-8-5-4-6-9-24/h4-15,20-21,35H,3,16-19H2,1-2H3. The normalized spacial score (nSPS) is 18.9. The Bertz CT molecular complexity index is 1750. The Balaban J connectivity index is 1.52. The third-order valence-corrected chi connectivity index (χ3v) is 10.1. The van der Waals surface area contributed by atoms with Gasteiger partial charge in [-0.1, -0.05) is 18.2 Å². The monoisotopic (exact) mass is 710 g/mol. The maximum Gasteiger partial charge on any atom is 0.276 e. The zero-order valence-corrected chi connectivity index (χ0v) is 26.7. The molecule has 2 aliphatic rings. The predicted octanol–water partition coefficient (Wildman–Crippen LogP) is 4.32. The van der Waals surface area contributed by atoms with Gasteiger partial charge < -0.3 is 19.9 Å². The Morgan fingerprint density at radius 3 is 2.42 bits per heavy atom. The van der Waals surface area contributed by atoms with E-state index in [2.05, 4.69) is 49.7 Å². The molecule has 10 nitrogen and oxygen atoms in total. The Morgan fingerprint density at radius 2 is 1.72 bits per heavy atom. The number of carbonyl (C=O) groups excluding carboxylic acids is 1. The van der Waals surface area contributed by atoms with E-state index in [1.165, 1.54) is 12.1 Å². The number of sulfonamides is 1. The molecule has 6 rings (SSSR count). The Morgan fingerprint density at radius 1 is 0.953 bits per heavy atom. The van der Waals surface area contributed by atoms with Gasteiger partial charge in [0.15, 0.2) is 5.54 Å². The summed E-state index contributed by atoms with van der Waals surface area (Å²) in [5, 5.41) is 3.43. The maximum absolute atomic E-state index is 14.9. The number of halogens is 1. The third kappa shape index (κ3) is 5.21. The molecule has 0 bridgehead atoms. The molecule has 1 fully saturated rings. The van der Waals surface area contributed by atoms with Crippen LogP contribution in [0.5, 0.6) is 5.88 Å². The first-order valence-corrected chi connectivity index (χ1v) is 16.5. The molecule has 0 aliphatic carbocycles. The highest BCUT2D eigenvalue weighted by Crippen LogP contribution is 2.50. The largest absolute Gasteiger partial charge is 0.478 e. The molecule has 0 spiro atoms. The van der Waals surface area contributed by atoms with Crippen LogP contribution in [-0.2, 0) is 20.4 Å². The van der Waals surface area contributed by atoms with Crippen LogP contribution in [0.2, 0.25) is 0 Å². The summed E-state index contributed by atoms with van der Waals surface area (Å²) in [5.74, 6) is 0.382. The first kappa shape index (κ1) is 29.3. The van der Waals surface area contributed by atoms with Gasteiger partial charge >= 0.3 is 0 Å². The van der Waals surface area contributed by atoms with Crippen LogP contribution < -0.4 is 19.3 Å².